The molecule has 4 nitrogen and oxygen atoms in total. The van der Waals surface area contributed by atoms with Gasteiger partial charge in [0.2, 0.25) is 0 Å². The Hall–Kier alpha value is 0.537. The summed E-state index contributed by atoms with van der Waals surface area (Å²) in [6.07, 6.45) is 0.908. The Morgan fingerprint density at radius 2 is 1.58 bits per heavy atom. The van der Waals surface area contributed by atoms with E-state index in [1.807, 2.05) is 0 Å². The summed E-state index contributed by atoms with van der Waals surface area (Å²) >= 11 is 3.30. The van der Waals surface area contributed by atoms with Crippen LogP contribution in [-0.2, 0) is 17.7 Å². The largest absolute Gasteiger partial charge is 0.678 e. The highest BCUT2D eigenvalue weighted by molar-refractivity contribution is 9.09. The van der Waals surface area contributed by atoms with Crippen LogP contribution >= 0.6 is 15.9 Å². The van der Waals surface area contributed by atoms with E-state index in [1.54, 1.807) is 0 Å². The number of alkyl halides is 1. The Bertz CT molecular complexity index is 101. The van der Waals surface area contributed by atoms with Crippen molar-refractivity contribution in [2.45, 2.75) is 6.42 Å². The van der Waals surface area contributed by atoms with E-state index in [1.165, 1.54) is 21.3 Å². The van der Waals surface area contributed by atoms with Crippen LogP contribution in [-0.4, -0.2) is 42.3 Å². The molecule has 0 aliphatic heterocycles. The maximum Gasteiger partial charge on any atom is 0.678 e. The Labute approximate surface area is 82.8 Å². The van der Waals surface area contributed by atoms with E-state index in [2.05, 4.69) is 15.9 Å². The summed E-state index contributed by atoms with van der Waals surface area (Å²) in [7, 11) is 1.79. The lowest BCUT2D eigenvalue weighted by molar-refractivity contribution is 0.00632. The highest BCUT2D eigenvalue weighted by Gasteiger charge is 2.41. The Morgan fingerprint density at radius 1 is 1.08 bits per heavy atom. The molecule has 0 aliphatic rings. The predicted octanol–water partition coefficient (Wildman–Crippen LogP) is 1.16. The molecule has 12 heavy (non-hydrogen) atoms. The fourth-order valence-corrected chi connectivity index (χ4v) is 2.16. The second-order valence-electron chi connectivity index (χ2n) is 2.00. The minimum Gasteiger partial charge on any atom is -0.355 e. The molecule has 0 saturated carbocycles. The molecule has 0 amide bonds. The summed E-state index contributed by atoms with van der Waals surface area (Å²) in [6, 6.07) is 0. The van der Waals surface area contributed by atoms with Gasteiger partial charge < -0.3 is 17.7 Å². The third kappa shape index (κ3) is 3.97. The summed E-state index contributed by atoms with van der Waals surface area (Å²) in [5.74, 6) is 0. The van der Waals surface area contributed by atoms with Crippen LogP contribution in [0.1, 0.15) is 6.42 Å². The molecule has 0 aliphatic carbocycles. The summed E-state index contributed by atoms with van der Waals surface area (Å²) in [5.41, 5.74) is 0. The van der Waals surface area contributed by atoms with Gasteiger partial charge >= 0.3 is 9.05 Å². The summed E-state index contributed by atoms with van der Waals surface area (Å²) in [4.78, 5) is 0. The van der Waals surface area contributed by atoms with E-state index in [4.69, 9.17) is 17.7 Å². The van der Waals surface area contributed by atoms with E-state index in [-0.39, 0.29) is 0 Å². The molecular weight excluding hydrogens is 244 g/mol. The molecular formula is C6H15BrO4Si. The van der Waals surface area contributed by atoms with Gasteiger partial charge in [-0.3, -0.25) is 0 Å². The Morgan fingerprint density at radius 3 is 1.92 bits per heavy atom. The molecule has 0 fully saturated rings. The van der Waals surface area contributed by atoms with Gasteiger partial charge in [0.25, 0.3) is 0 Å². The first kappa shape index (κ1) is 12.5. The summed E-state index contributed by atoms with van der Waals surface area (Å²) < 4.78 is 20.5. The van der Waals surface area contributed by atoms with Crippen LogP contribution in [0.25, 0.3) is 0 Å². The fraction of sp³-hybridized carbons (Fsp3) is 1.00. The number of rotatable bonds is 7. The van der Waals surface area contributed by atoms with E-state index < -0.39 is 9.05 Å². The zero-order chi connectivity index (χ0) is 9.45. The lowest BCUT2D eigenvalue weighted by Gasteiger charge is -2.22. The van der Waals surface area contributed by atoms with Gasteiger partial charge in [-0.2, -0.15) is 0 Å². The monoisotopic (exact) mass is 258 g/mol. The number of hydrogen-bond acceptors (Lipinski definition) is 4. The quantitative estimate of drug-likeness (QED) is 0.390. The average molecular weight is 259 g/mol. The van der Waals surface area contributed by atoms with E-state index in [0.717, 1.165) is 11.8 Å². The smallest absolute Gasteiger partial charge is 0.355 e. The van der Waals surface area contributed by atoms with Crippen LogP contribution < -0.4 is 0 Å². The molecule has 0 aromatic heterocycles. The van der Waals surface area contributed by atoms with Crippen LogP contribution in [0.5, 0.6) is 0 Å². The van der Waals surface area contributed by atoms with Crippen molar-refractivity contribution in [1.29, 1.82) is 0 Å². The zero-order valence-electron chi connectivity index (χ0n) is 7.63. The van der Waals surface area contributed by atoms with E-state index in [0.29, 0.717) is 6.61 Å². The predicted molar refractivity (Wildman–Crippen MR) is 51.1 cm³/mol. The molecule has 74 valence electrons. The van der Waals surface area contributed by atoms with Gasteiger partial charge in [-0.25, -0.2) is 0 Å². The molecule has 0 aromatic carbocycles. The van der Waals surface area contributed by atoms with Crippen LogP contribution in [0.3, 0.4) is 0 Å². The normalized spacial score (nSPS) is 12.0. The van der Waals surface area contributed by atoms with Crippen LogP contribution in [0, 0.1) is 0 Å². The highest BCUT2D eigenvalue weighted by atomic mass is 79.9. The van der Waals surface area contributed by atoms with Gasteiger partial charge in [0.1, 0.15) is 0 Å². The van der Waals surface area contributed by atoms with Crippen molar-refractivity contribution in [2.24, 2.45) is 0 Å². The third-order valence-corrected chi connectivity index (χ3v) is 3.93. The number of hydrogen-bond donors (Lipinski definition) is 0. The third-order valence-electron chi connectivity index (χ3n) is 1.31. The molecule has 0 bridgehead atoms. The maximum atomic E-state index is 5.36. The second kappa shape index (κ2) is 6.99. The summed E-state index contributed by atoms with van der Waals surface area (Å²) in [5, 5.41) is 0.897. The topological polar surface area (TPSA) is 36.9 Å². The molecule has 0 spiro atoms. The molecule has 0 unspecified atom stereocenters. The van der Waals surface area contributed by atoms with Gasteiger partial charge in [0, 0.05) is 33.3 Å². The van der Waals surface area contributed by atoms with E-state index in [9.17, 15) is 0 Å². The van der Waals surface area contributed by atoms with Crippen molar-refractivity contribution in [1.82, 2.24) is 0 Å². The molecule has 0 aromatic rings. The average Bonchev–Trinajstić information content (AvgIpc) is 2.14. The standard InChI is InChI=1S/C6H15BrO4Si/c1-8-12(9-2,10-3)11-6-4-5-7/h4-6H2,1-3H3. The van der Waals surface area contributed by atoms with Crippen molar-refractivity contribution in [2.75, 3.05) is 33.3 Å². The van der Waals surface area contributed by atoms with Crippen molar-refractivity contribution < 1.29 is 17.7 Å². The molecule has 0 saturated heterocycles. The lowest BCUT2D eigenvalue weighted by atomic mass is 10.5. The summed E-state index contributed by atoms with van der Waals surface area (Å²) in [6.45, 7) is 0.576. The highest BCUT2D eigenvalue weighted by Crippen LogP contribution is 2.08. The van der Waals surface area contributed by atoms with Crippen molar-refractivity contribution in [3.05, 3.63) is 0 Å². The maximum absolute atomic E-state index is 5.36. The fourth-order valence-electron chi connectivity index (χ4n) is 0.678. The van der Waals surface area contributed by atoms with Gasteiger partial charge in [0.05, 0.1) is 0 Å². The van der Waals surface area contributed by atoms with Gasteiger partial charge in [-0.15, -0.1) is 0 Å². The Balaban J connectivity index is 3.76. The Kier molecular flexibility index (Phi) is 7.30. The first-order chi connectivity index (χ1) is 5.74. The second-order valence-corrected chi connectivity index (χ2v) is 5.31. The first-order valence-corrected chi connectivity index (χ1v) is 6.35. The van der Waals surface area contributed by atoms with Crippen LogP contribution in [0.15, 0.2) is 0 Å². The molecule has 0 rings (SSSR count). The van der Waals surface area contributed by atoms with Gasteiger partial charge in [0.15, 0.2) is 0 Å². The van der Waals surface area contributed by atoms with Crippen molar-refractivity contribution in [3.63, 3.8) is 0 Å². The van der Waals surface area contributed by atoms with Gasteiger partial charge in [-0.1, -0.05) is 15.9 Å². The minimum absolute atomic E-state index is 0.576. The van der Waals surface area contributed by atoms with Crippen LogP contribution in [0.2, 0.25) is 0 Å². The minimum atomic E-state index is -2.78. The molecule has 0 N–H and O–H groups in total. The van der Waals surface area contributed by atoms with Crippen LogP contribution in [0.4, 0.5) is 0 Å². The first-order valence-electron chi connectivity index (χ1n) is 3.60. The molecule has 0 radical (unpaired) electrons. The van der Waals surface area contributed by atoms with Crippen molar-refractivity contribution in [3.8, 4) is 0 Å². The SMILES string of the molecule is CO[Si](OC)(OC)OCCCBr. The lowest BCUT2D eigenvalue weighted by Crippen LogP contribution is -2.46. The van der Waals surface area contributed by atoms with Gasteiger partial charge in [-0.05, 0) is 6.42 Å². The van der Waals surface area contributed by atoms with Crippen molar-refractivity contribution >= 4 is 25.0 Å². The van der Waals surface area contributed by atoms with E-state index >= 15 is 0 Å². The number of halogens is 1. The zero-order valence-corrected chi connectivity index (χ0v) is 10.2. The molecule has 6 heteroatoms. The molecule has 0 atom stereocenters. The molecule has 0 heterocycles.